The SMILES string of the molecule is CCc1nc(N2CCCN(S(=O)(=O)c3ccc(C)cc3)CC2)c2c(C)nn(-c3ccccc3)c2n1. The molecule has 0 radical (unpaired) electrons. The molecule has 0 amide bonds. The Labute approximate surface area is 206 Å². The molecule has 9 heteroatoms. The first-order valence-electron chi connectivity index (χ1n) is 12.0. The number of benzene rings is 2. The zero-order valence-corrected chi connectivity index (χ0v) is 21.2. The van der Waals surface area contributed by atoms with Crippen LogP contribution in [-0.2, 0) is 16.4 Å². The maximum atomic E-state index is 13.3. The number of sulfonamides is 1. The van der Waals surface area contributed by atoms with Crippen LogP contribution in [0.3, 0.4) is 0 Å². The highest BCUT2D eigenvalue weighted by Gasteiger charge is 2.29. The number of fused-ring (bicyclic) bond motifs is 1. The Morgan fingerprint density at radius 3 is 2.34 bits per heavy atom. The lowest BCUT2D eigenvalue weighted by Crippen LogP contribution is -2.35. The molecule has 2 aromatic heterocycles. The molecular weight excluding hydrogens is 460 g/mol. The van der Waals surface area contributed by atoms with Gasteiger partial charge in [0.2, 0.25) is 10.0 Å². The van der Waals surface area contributed by atoms with Crippen molar-refractivity contribution in [2.24, 2.45) is 0 Å². The summed E-state index contributed by atoms with van der Waals surface area (Å²) in [6.07, 6.45) is 1.41. The molecule has 3 heterocycles. The highest BCUT2D eigenvalue weighted by Crippen LogP contribution is 2.30. The quantitative estimate of drug-likeness (QED) is 0.422. The fraction of sp³-hybridized carbons (Fsp3) is 0.346. The molecule has 35 heavy (non-hydrogen) atoms. The third-order valence-corrected chi connectivity index (χ3v) is 8.37. The molecule has 0 N–H and O–H groups in total. The van der Waals surface area contributed by atoms with Crippen LogP contribution in [0, 0.1) is 13.8 Å². The molecule has 1 aliphatic rings. The Bertz CT molecular complexity index is 1450. The second-order valence-electron chi connectivity index (χ2n) is 8.91. The molecule has 0 saturated carbocycles. The van der Waals surface area contributed by atoms with E-state index in [0.717, 1.165) is 39.6 Å². The summed E-state index contributed by atoms with van der Waals surface area (Å²) in [7, 11) is -3.55. The van der Waals surface area contributed by atoms with Crippen LogP contribution in [0.15, 0.2) is 59.5 Å². The van der Waals surface area contributed by atoms with Gasteiger partial charge in [-0.2, -0.15) is 9.40 Å². The average Bonchev–Trinajstić information content (AvgIpc) is 3.04. The molecule has 2 aromatic carbocycles. The topological polar surface area (TPSA) is 84.2 Å². The zero-order valence-electron chi connectivity index (χ0n) is 20.3. The Morgan fingerprint density at radius 2 is 1.63 bits per heavy atom. The van der Waals surface area contributed by atoms with Crippen molar-refractivity contribution in [3.63, 3.8) is 0 Å². The average molecular weight is 491 g/mol. The summed E-state index contributed by atoms with van der Waals surface area (Å²) in [5.74, 6) is 1.58. The van der Waals surface area contributed by atoms with Crippen molar-refractivity contribution in [2.75, 3.05) is 31.1 Å². The number of para-hydroxylation sites is 1. The largest absolute Gasteiger partial charge is 0.355 e. The van der Waals surface area contributed by atoms with E-state index in [1.807, 2.05) is 67.9 Å². The standard InChI is InChI=1S/C26H30N6O2S/c1-4-23-27-25(24-20(3)29-32(26(24)28-23)21-9-6-5-7-10-21)30-15-8-16-31(18-17-30)35(33,34)22-13-11-19(2)12-14-22/h5-7,9-14H,4,8,15-18H2,1-3H3. The maximum absolute atomic E-state index is 13.3. The van der Waals surface area contributed by atoms with Crippen molar-refractivity contribution in [1.82, 2.24) is 24.1 Å². The smallest absolute Gasteiger partial charge is 0.243 e. The highest BCUT2D eigenvalue weighted by molar-refractivity contribution is 7.89. The Hall–Kier alpha value is -3.30. The fourth-order valence-electron chi connectivity index (χ4n) is 4.55. The molecule has 0 unspecified atom stereocenters. The molecule has 1 fully saturated rings. The molecule has 0 aliphatic carbocycles. The molecule has 1 aliphatic heterocycles. The molecule has 0 atom stereocenters. The van der Waals surface area contributed by atoms with E-state index < -0.39 is 10.0 Å². The Morgan fingerprint density at radius 1 is 0.886 bits per heavy atom. The maximum Gasteiger partial charge on any atom is 0.243 e. The first kappa shape index (κ1) is 23.4. The summed E-state index contributed by atoms with van der Waals surface area (Å²) in [5, 5.41) is 5.71. The van der Waals surface area contributed by atoms with Crippen LogP contribution in [0.1, 0.15) is 30.4 Å². The lowest BCUT2D eigenvalue weighted by atomic mass is 10.2. The minimum Gasteiger partial charge on any atom is -0.355 e. The van der Waals surface area contributed by atoms with Gasteiger partial charge in [-0.05, 0) is 44.5 Å². The molecule has 4 aromatic rings. The Balaban J connectivity index is 1.50. The van der Waals surface area contributed by atoms with Crippen LogP contribution < -0.4 is 4.90 Å². The van der Waals surface area contributed by atoms with E-state index in [0.29, 0.717) is 43.9 Å². The number of hydrogen-bond donors (Lipinski definition) is 0. The third-order valence-electron chi connectivity index (χ3n) is 6.46. The summed E-state index contributed by atoms with van der Waals surface area (Å²) in [6, 6.07) is 17.0. The number of rotatable bonds is 5. The molecule has 0 spiro atoms. The number of anilines is 1. The van der Waals surface area contributed by atoms with Gasteiger partial charge in [-0.3, -0.25) is 0 Å². The van der Waals surface area contributed by atoms with E-state index in [-0.39, 0.29) is 0 Å². The van der Waals surface area contributed by atoms with E-state index in [2.05, 4.69) is 4.90 Å². The van der Waals surface area contributed by atoms with Gasteiger partial charge in [0.15, 0.2) is 5.65 Å². The van der Waals surface area contributed by atoms with Crippen LogP contribution in [0.4, 0.5) is 5.82 Å². The van der Waals surface area contributed by atoms with Crippen LogP contribution in [-0.4, -0.2) is 58.7 Å². The number of nitrogens with zero attached hydrogens (tertiary/aromatic N) is 6. The van der Waals surface area contributed by atoms with Gasteiger partial charge in [0.05, 0.1) is 21.7 Å². The molecule has 1 saturated heterocycles. The zero-order chi connectivity index (χ0) is 24.6. The van der Waals surface area contributed by atoms with E-state index in [4.69, 9.17) is 15.1 Å². The summed E-state index contributed by atoms with van der Waals surface area (Å²) in [6.45, 7) is 8.11. The third kappa shape index (κ3) is 4.41. The number of aromatic nitrogens is 4. The van der Waals surface area contributed by atoms with Gasteiger partial charge in [-0.25, -0.2) is 23.1 Å². The van der Waals surface area contributed by atoms with Gasteiger partial charge in [-0.15, -0.1) is 0 Å². The van der Waals surface area contributed by atoms with E-state index in [1.165, 1.54) is 0 Å². The van der Waals surface area contributed by atoms with Gasteiger partial charge in [0.25, 0.3) is 0 Å². The normalized spacial score (nSPS) is 15.5. The number of hydrogen-bond acceptors (Lipinski definition) is 6. The summed E-state index contributed by atoms with van der Waals surface area (Å²) >= 11 is 0. The predicted octanol–water partition coefficient (Wildman–Crippen LogP) is 3.90. The Kier molecular flexibility index (Phi) is 6.29. The summed E-state index contributed by atoms with van der Waals surface area (Å²) in [5.41, 5.74) is 3.62. The first-order valence-corrected chi connectivity index (χ1v) is 13.5. The van der Waals surface area contributed by atoms with Gasteiger partial charge >= 0.3 is 0 Å². The summed E-state index contributed by atoms with van der Waals surface area (Å²) in [4.78, 5) is 12.3. The molecule has 182 valence electrons. The van der Waals surface area contributed by atoms with Gasteiger partial charge in [-0.1, -0.05) is 42.8 Å². The first-order chi connectivity index (χ1) is 16.9. The molecular formula is C26H30N6O2S. The van der Waals surface area contributed by atoms with E-state index in [1.54, 1.807) is 16.4 Å². The van der Waals surface area contributed by atoms with Gasteiger partial charge in [0.1, 0.15) is 11.6 Å². The molecule has 8 nitrogen and oxygen atoms in total. The lowest BCUT2D eigenvalue weighted by Gasteiger charge is -2.24. The van der Waals surface area contributed by atoms with Gasteiger partial charge in [0, 0.05) is 32.6 Å². The van der Waals surface area contributed by atoms with Crippen molar-refractivity contribution >= 4 is 26.9 Å². The van der Waals surface area contributed by atoms with Crippen molar-refractivity contribution in [3.05, 3.63) is 71.7 Å². The predicted molar refractivity (Wildman–Crippen MR) is 138 cm³/mol. The monoisotopic (exact) mass is 490 g/mol. The number of aryl methyl sites for hydroxylation is 3. The van der Waals surface area contributed by atoms with E-state index in [9.17, 15) is 8.42 Å². The minimum atomic E-state index is -3.55. The minimum absolute atomic E-state index is 0.342. The highest BCUT2D eigenvalue weighted by atomic mass is 32.2. The van der Waals surface area contributed by atoms with Crippen molar-refractivity contribution in [2.45, 2.75) is 38.5 Å². The molecule has 0 bridgehead atoms. The van der Waals surface area contributed by atoms with Crippen LogP contribution >= 0.6 is 0 Å². The van der Waals surface area contributed by atoms with Crippen molar-refractivity contribution in [1.29, 1.82) is 0 Å². The van der Waals surface area contributed by atoms with E-state index >= 15 is 0 Å². The van der Waals surface area contributed by atoms with Crippen molar-refractivity contribution < 1.29 is 8.42 Å². The lowest BCUT2D eigenvalue weighted by molar-refractivity contribution is 0.433. The fourth-order valence-corrected chi connectivity index (χ4v) is 6.02. The van der Waals surface area contributed by atoms with Crippen molar-refractivity contribution in [3.8, 4) is 5.69 Å². The molecule has 5 rings (SSSR count). The second kappa shape index (κ2) is 9.39. The van der Waals surface area contributed by atoms with Crippen LogP contribution in [0.2, 0.25) is 0 Å². The summed E-state index contributed by atoms with van der Waals surface area (Å²) < 4.78 is 30.1. The van der Waals surface area contributed by atoms with Crippen LogP contribution in [0.25, 0.3) is 16.7 Å². The van der Waals surface area contributed by atoms with Gasteiger partial charge < -0.3 is 4.90 Å². The second-order valence-corrected chi connectivity index (χ2v) is 10.8. The van der Waals surface area contributed by atoms with Crippen LogP contribution in [0.5, 0.6) is 0 Å².